The van der Waals surface area contributed by atoms with Crippen molar-refractivity contribution in [3.63, 3.8) is 0 Å². The highest BCUT2D eigenvalue weighted by molar-refractivity contribution is 6.30. The van der Waals surface area contributed by atoms with Crippen LogP contribution < -0.4 is 21.9 Å². The summed E-state index contributed by atoms with van der Waals surface area (Å²) in [6.07, 6.45) is 0.831. The van der Waals surface area contributed by atoms with E-state index in [4.69, 9.17) is 17.3 Å². The number of nitriles is 1. The van der Waals surface area contributed by atoms with E-state index in [9.17, 15) is 5.26 Å². The molecule has 2 atom stereocenters. The zero-order valence-electron chi connectivity index (χ0n) is 13.6. The van der Waals surface area contributed by atoms with Crippen molar-refractivity contribution in [1.29, 1.82) is 5.26 Å². The first kappa shape index (κ1) is 16.3. The monoisotopic (exact) mass is 354 g/mol. The van der Waals surface area contributed by atoms with Crippen molar-refractivity contribution >= 4 is 17.4 Å². The third kappa shape index (κ3) is 2.86. The lowest BCUT2D eigenvalue weighted by Crippen LogP contribution is -2.29. The van der Waals surface area contributed by atoms with Crippen molar-refractivity contribution in [3.05, 3.63) is 57.2 Å². The Bertz CT molecular complexity index is 842. The third-order valence-electron chi connectivity index (χ3n) is 4.99. The Kier molecular flexibility index (Phi) is 4.32. The van der Waals surface area contributed by atoms with Crippen LogP contribution in [-0.4, -0.2) is 18.1 Å². The highest BCUT2D eigenvalue weighted by Crippen LogP contribution is 2.39. The summed E-state index contributed by atoms with van der Waals surface area (Å²) in [7, 11) is 0. The van der Waals surface area contributed by atoms with Crippen LogP contribution >= 0.6 is 11.6 Å². The van der Waals surface area contributed by atoms with Crippen LogP contribution in [0.2, 0.25) is 5.02 Å². The molecule has 0 saturated carbocycles. The van der Waals surface area contributed by atoms with E-state index in [-0.39, 0.29) is 12.0 Å². The van der Waals surface area contributed by atoms with Gasteiger partial charge in [0.2, 0.25) is 0 Å². The minimum atomic E-state index is 0.0391. The van der Waals surface area contributed by atoms with Crippen LogP contribution in [0.25, 0.3) is 0 Å². The molecule has 1 fully saturated rings. The predicted octanol–water partition coefficient (Wildman–Crippen LogP) is 1.77. The van der Waals surface area contributed by atoms with E-state index in [1.807, 2.05) is 24.3 Å². The molecule has 1 aromatic carbocycles. The van der Waals surface area contributed by atoms with E-state index >= 15 is 0 Å². The van der Waals surface area contributed by atoms with Crippen LogP contribution in [0.5, 0.6) is 0 Å². The first-order valence-electron chi connectivity index (χ1n) is 8.35. The van der Waals surface area contributed by atoms with Crippen LogP contribution in [0.4, 0.5) is 5.82 Å². The van der Waals surface area contributed by atoms with Gasteiger partial charge in [0, 0.05) is 42.7 Å². The Hall–Kier alpha value is -2.17. The molecule has 4 rings (SSSR count). The largest absolute Gasteiger partial charge is 0.383 e. The minimum Gasteiger partial charge on any atom is -0.383 e. The van der Waals surface area contributed by atoms with Gasteiger partial charge in [-0.15, -0.1) is 0 Å². The molecule has 7 heteroatoms. The van der Waals surface area contributed by atoms with Gasteiger partial charge in [-0.3, -0.25) is 5.43 Å². The van der Waals surface area contributed by atoms with Gasteiger partial charge >= 0.3 is 0 Å². The van der Waals surface area contributed by atoms with Crippen molar-refractivity contribution in [2.45, 2.75) is 24.9 Å². The fourth-order valence-electron chi connectivity index (χ4n) is 3.82. The number of benzene rings is 1. The summed E-state index contributed by atoms with van der Waals surface area (Å²) < 4.78 is 0. The molecule has 3 heterocycles. The number of hydrogen-bond acceptors (Lipinski definition) is 6. The van der Waals surface area contributed by atoms with Gasteiger partial charge in [-0.05, 0) is 28.8 Å². The molecule has 0 bridgehead atoms. The zero-order valence-corrected chi connectivity index (χ0v) is 14.4. The molecule has 128 valence electrons. The van der Waals surface area contributed by atoms with Crippen LogP contribution in [0, 0.1) is 11.3 Å². The lowest BCUT2D eigenvalue weighted by Gasteiger charge is -2.27. The Labute approximate surface area is 151 Å². The molecule has 2 aliphatic heterocycles. The van der Waals surface area contributed by atoms with Gasteiger partial charge in [0.1, 0.15) is 11.9 Å². The van der Waals surface area contributed by atoms with Crippen LogP contribution in [-0.2, 0) is 13.0 Å². The number of halogens is 1. The van der Waals surface area contributed by atoms with Gasteiger partial charge < -0.3 is 11.1 Å². The summed E-state index contributed by atoms with van der Waals surface area (Å²) in [5.74, 6) is 0.426. The molecule has 2 aromatic rings. The van der Waals surface area contributed by atoms with E-state index in [0.29, 0.717) is 16.4 Å². The topological polar surface area (TPSA) is 98.8 Å². The summed E-state index contributed by atoms with van der Waals surface area (Å²) in [6, 6.07) is 10.1. The fourth-order valence-corrected chi connectivity index (χ4v) is 3.94. The van der Waals surface area contributed by atoms with Crippen molar-refractivity contribution in [2.24, 2.45) is 0 Å². The van der Waals surface area contributed by atoms with E-state index in [1.165, 1.54) is 0 Å². The van der Waals surface area contributed by atoms with Gasteiger partial charge in [-0.1, -0.05) is 23.7 Å². The molecule has 1 saturated heterocycles. The van der Waals surface area contributed by atoms with E-state index < -0.39 is 0 Å². The number of nitrogen functional groups attached to an aromatic ring is 1. The van der Waals surface area contributed by atoms with E-state index in [2.05, 4.69) is 27.2 Å². The number of rotatable bonds is 2. The summed E-state index contributed by atoms with van der Waals surface area (Å²) in [5, 5.41) is 13.8. The second kappa shape index (κ2) is 6.62. The lowest BCUT2D eigenvalue weighted by atomic mass is 9.82. The predicted molar refractivity (Wildman–Crippen MR) is 96.8 cm³/mol. The molecular formula is C18H19ClN6. The van der Waals surface area contributed by atoms with Crippen molar-refractivity contribution in [3.8, 4) is 6.07 Å². The molecule has 2 unspecified atom stereocenters. The molecule has 5 N–H and O–H groups in total. The van der Waals surface area contributed by atoms with E-state index in [1.54, 1.807) is 0 Å². The maximum absolute atomic E-state index is 9.71. The van der Waals surface area contributed by atoms with Gasteiger partial charge in [0.15, 0.2) is 0 Å². The molecule has 6 nitrogen and oxygen atoms in total. The molecule has 1 aromatic heterocycles. The second-order valence-corrected chi connectivity index (χ2v) is 6.85. The Morgan fingerprint density at radius 1 is 1.28 bits per heavy atom. The smallest absolute Gasteiger partial charge is 0.141 e. The summed E-state index contributed by atoms with van der Waals surface area (Å²) in [5.41, 5.74) is 17.4. The highest BCUT2D eigenvalue weighted by Gasteiger charge is 2.35. The summed E-state index contributed by atoms with van der Waals surface area (Å²) >= 11 is 6.02. The SMILES string of the molecule is N#Cc1c(N)nc2c(c1C1CNNC1c1ccc(Cl)cc1)CNCC2. The van der Waals surface area contributed by atoms with Gasteiger partial charge in [0.05, 0.1) is 11.6 Å². The number of hydrazine groups is 1. The first-order chi connectivity index (χ1) is 12.2. The molecular weight excluding hydrogens is 336 g/mol. The fraction of sp³-hybridized carbons (Fsp3) is 0.333. The number of nitrogens with zero attached hydrogens (tertiary/aromatic N) is 2. The normalized spacial score (nSPS) is 22.4. The highest BCUT2D eigenvalue weighted by atomic mass is 35.5. The van der Waals surface area contributed by atoms with Crippen molar-refractivity contribution in [1.82, 2.24) is 21.2 Å². The quantitative estimate of drug-likeness (QED) is 0.656. The Morgan fingerprint density at radius 3 is 2.84 bits per heavy atom. The third-order valence-corrected chi connectivity index (χ3v) is 5.24. The molecule has 2 aliphatic rings. The maximum atomic E-state index is 9.71. The maximum Gasteiger partial charge on any atom is 0.141 e. The van der Waals surface area contributed by atoms with Crippen LogP contribution in [0.15, 0.2) is 24.3 Å². The average Bonchev–Trinajstić information content (AvgIpc) is 3.10. The molecule has 0 aliphatic carbocycles. The number of hydrogen-bond donors (Lipinski definition) is 4. The number of fused-ring (bicyclic) bond motifs is 1. The molecule has 0 spiro atoms. The number of pyridine rings is 1. The van der Waals surface area contributed by atoms with E-state index in [0.717, 1.165) is 48.4 Å². The standard InChI is InChI=1S/C18H19ClN6/c19-11-3-1-10(2-4-11)17-14(9-23-25-17)16-12(7-20)18(21)24-15-5-6-22-8-13(15)16/h1-4,14,17,22-23,25H,5-6,8-9H2,(H2,21,24). The van der Waals surface area contributed by atoms with Crippen molar-refractivity contribution in [2.75, 3.05) is 18.8 Å². The molecule has 25 heavy (non-hydrogen) atoms. The number of nitrogens with one attached hydrogen (secondary N) is 3. The second-order valence-electron chi connectivity index (χ2n) is 6.41. The number of aromatic nitrogens is 1. The lowest BCUT2D eigenvalue weighted by molar-refractivity contribution is 0.545. The zero-order chi connectivity index (χ0) is 17.4. The van der Waals surface area contributed by atoms with Crippen LogP contribution in [0.3, 0.4) is 0 Å². The Morgan fingerprint density at radius 2 is 2.08 bits per heavy atom. The minimum absolute atomic E-state index is 0.0391. The molecule has 0 amide bonds. The number of anilines is 1. The van der Waals surface area contributed by atoms with Crippen molar-refractivity contribution < 1.29 is 0 Å². The summed E-state index contributed by atoms with van der Waals surface area (Å²) in [6.45, 7) is 2.32. The Balaban J connectivity index is 1.84. The van der Waals surface area contributed by atoms with Gasteiger partial charge in [0.25, 0.3) is 0 Å². The first-order valence-corrected chi connectivity index (χ1v) is 8.72. The van der Waals surface area contributed by atoms with Crippen LogP contribution in [0.1, 0.15) is 39.9 Å². The average molecular weight is 355 g/mol. The summed E-state index contributed by atoms with van der Waals surface area (Å²) in [4.78, 5) is 4.48. The van der Waals surface area contributed by atoms with Gasteiger partial charge in [-0.2, -0.15) is 5.26 Å². The number of nitrogens with two attached hydrogens (primary N) is 1. The molecule has 0 radical (unpaired) electrons. The van der Waals surface area contributed by atoms with Gasteiger partial charge in [-0.25, -0.2) is 10.4 Å².